The first-order valence-corrected chi connectivity index (χ1v) is 11.6. The lowest BCUT2D eigenvalue weighted by molar-refractivity contribution is -0.136. The zero-order chi connectivity index (χ0) is 24.1. The molecule has 1 aliphatic carbocycles. The van der Waals surface area contributed by atoms with E-state index in [9.17, 15) is 15.0 Å². The third kappa shape index (κ3) is 5.62. The number of aliphatic hydroxyl groups is 2. The average molecular weight is 462 g/mol. The zero-order valence-corrected chi connectivity index (χ0v) is 19.2. The van der Waals surface area contributed by atoms with E-state index in [0.29, 0.717) is 17.8 Å². The van der Waals surface area contributed by atoms with E-state index >= 15 is 0 Å². The topological polar surface area (TPSA) is 108 Å². The Labute approximate surface area is 199 Å². The standard InChI is InChI=1S/C27H31N3O4/c1-18(32)27-28-12-13-30(27)25(17-31)11-4-19-2-5-20(6-3-19)21-7-9-22(10-8-21)23-14-24(15-23)29-16-26(33)34/h2-13,18,23-25,29,31-32H,14-17H2,1H3,(H,33,34)/b11-4+. The lowest BCUT2D eigenvalue weighted by atomic mass is 9.75. The third-order valence-electron chi connectivity index (χ3n) is 6.43. The number of hydrogen-bond donors (Lipinski definition) is 4. The number of benzene rings is 2. The number of aromatic nitrogens is 2. The van der Waals surface area contributed by atoms with Crippen molar-refractivity contribution in [2.24, 2.45) is 0 Å². The summed E-state index contributed by atoms with van der Waals surface area (Å²) in [7, 11) is 0. The highest BCUT2D eigenvalue weighted by atomic mass is 16.4. The van der Waals surface area contributed by atoms with Gasteiger partial charge in [0.1, 0.15) is 11.9 Å². The lowest BCUT2D eigenvalue weighted by Crippen LogP contribution is -2.42. The van der Waals surface area contributed by atoms with Gasteiger partial charge in [0, 0.05) is 18.4 Å². The van der Waals surface area contributed by atoms with Crippen LogP contribution in [0.1, 0.15) is 54.8 Å². The van der Waals surface area contributed by atoms with Crippen LogP contribution in [-0.4, -0.2) is 50.0 Å². The van der Waals surface area contributed by atoms with E-state index < -0.39 is 12.1 Å². The molecule has 0 bridgehead atoms. The molecule has 1 aromatic heterocycles. The molecular weight excluding hydrogens is 430 g/mol. The first-order chi connectivity index (χ1) is 16.4. The largest absolute Gasteiger partial charge is 0.480 e. The number of aliphatic carboxylic acids is 1. The molecule has 7 nitrogen and oxygen atoms in total. The average Bonchev–Trinajstić information content (AvgIpc) is 3.29. The van der Waals surface area contributed by atoms with Crippen LogP contribution in [0, 0.1) is 0 Å². The first-order valence-electron chi connectivity index (χ1n) is 11.6. The fourth-order valence-electron chi connectivity index (χ4n) is 4.42. The van der Waals surface area contributed by atoms with Crippen molar-refractivity contribution >= 4 is 12.0 Å². The molecule has 0 amide bonds. The van der Waals surface area contributed by atoms with Crippen LogP contribution in [0.5, 0.6) is 0 Å². The molecule has 0 saturated heterocycles. The SMILES string of the molecule is CC(O)c1nccn1C(/C=C/c1ccc(-c2ccc(C3CC(NCC(=O)O)C3)cc2)cc1)CO. The fourth-order valence-corrected chi connectivity index (χ4v) is 4.42. The summed E-state index contributed by atoms with van der Waals surface area (Å²) in [5.74, 6) is 0.194. The van der Waals surface area contributed by atoms with E-state index in [1.807, 2.05) is 24.3 Å². The van der Waals surface area contributed by atoms with Crippen LogP contribution < -0.4 is 5.32 Å². The second-order valence-corrected chi connectivity index (χ2v) is 8.86. The quantitative estimate of drug-likeness (QED) is 0.366. The van der Waals surface area contributed by atoms with Gasteiger partial charge in [0.15, 0.2) is 0 Å². The maximum absolute atomic E-state index is 10.7. The summed E-state index contributed by atoms with van der Waals surface area (Å²) in [5, 5.41) is 31.5. The molecule has 2 atom stereocenters. The molecule has 3 aromatic rings. The minimum atomic E-state index is -0.814. The Hall–Kier alpha value is -3.26. The number of imidazole rings is 1. The molecule has 1 heterocycles. The molecule has 0 aliphatic heterocycles. The molecule has 1 saturated carbocycles. The van der Waals surface area contributed by atoms with Crippen LogP contribution >= 0.6 is 0 Å². The summed E-state index contributed by atoms with van der Waals surface area (Å²) in [5.41, 5.74) is 4.59. The molecule has 1 fully saturated rings. The van der Waals surface area contributed by atoms with Gasteiger partial charge in [-0.25, -0.2) is 4.98 Å². The summed E-state index contributed by atoms with van der Waals surface area (Å²) < 4.78 is 1.78. The van der Waals surface area contributed by atoms with Gasteiger partial charge in [-0.3, -0.25) is 4.79 Å². The van der Waals surface area contributed by atoms with Gasteiger partial charge < -0.3 is 25.2 Å². The van der Waals surface area contributed by atoms with E-state index in [2.05, 4.69) is 46.7 Å². The number of hydrogen-bond acceptors (Lipinski definition) is 5. The monoisotopic (exact) mass is 461 g/mol. The number of aliphatic hydroxyl groups excluding tert-OH is 2. The summed E-state index contributed by atoms with van der Waals surface area (Å²) in [6.07, 6.45) is 8.50. The third-order valence-corrected chi connectivity index (χ3v) is 6.43. The number of carbonyl (C=O) groups is 1. The van der Waals surface area contributed by atoms with Crippen LogP contribution in [0.3, 0.4) is 0 Å². The van der Waals surface area contributed by atoms with Crippen molar-refractivity contribution in [1.82, 2.24) is 14.9 Å². The summed E-state index contributed by atoms with van der Waals surface area (Å²) in [4.78, 5) is 14.8. The van der Waals surface area contributed by atoms with Gasteiger partial charge in [-0.05, 0) is 47.9 Å². The molecular formula is C27H31N3O4. The maximum atomic E-state index is 10.7. The van der Waals surface area contributed by atoms with Crippen molar-refractivity contribution in [1.29, 1.82) is 0 Å². The number of nitrogens with one attached hydrogen (secondary N) is 1. The Bertz CT molecular complexity index is 1110. The number of nitrogens with zero attached hydrogens (tertiary/aromatic N) is 2. The molecule has 4 N–H and O–H groups in total. The van der Waals surface area contributed by atoms with Crippen molar-refractivity contribution < 1.29 is 20.1 Å². The normalized spacial score (nSPS) is 19.6. The molecule has 1 aliphatic rings. The molecule has 7 heteroatoms. The van der Waals surface area contributed by atoms with Gasteiger partial charge in [0.05, 0.1) is 19.2 Å². The van der Waals surface area contributed by atoms with Crippen LogP contribution in [0.15, 0.2) is 67.0 Å². The summed E-state index contributed by atoms with van der Waals surface area (Å²) in [6, 6.07) is 16.8. The molecule has 0 spiro atoms. The Balaban J connectivity index is 1.36. The zero-order valence-electron chi connectivity index (χ0n) is 19.2. The number of carboxylic acid groups (broad SMARTS) is 1. The van der Waals surface area contributed by atoms with Gasteiger partial charge in [-0.1, -0.05) is 60.7 Å². The predicted octanol–water partition coefficient (Wildman–Crippen LogP) is 3.77. The predicted molar refractivity (Wildman–Crippen MR) is 131 cm³/mol. The molecule has 4 rings (SSSR count). The Morgan fingerprint density at radius 2 is 1.79 bits per heavy atom. The van der Waals surface area contributed by atoms with Crippen LogP contribution in [0.4, 0.5) is 0 Å². The first kappa shape index (κ1) is 23.9. The molecule has 178 valence electrons. The molecule has 2 aromatic carbocycles. The van der Waals surface area contributed by atoms with Gasteiger partial charge >= 0.3 is 5.97 Å². The van der Waals surface area contributed by atoms with Crippen molar-refractivity contribution in [3.05, 3.63) is 84.0 Å². The second kappa shape index (κ2) is 10.8. The van der Waals surface area contributed by atoms with Gasteiger partial charge in [0.2, 0.25) is 0 Å². The highest BCUT2D eigenvalue weighted by Crippen LogP contribution is 2.37. The van der Waals surface area contributed by atoms with Gasteiger partial charge in [-0.15, -0.1) is 0 Å². The van der Waals surface area contributed by atoms with Crippen LogP contribution in [0.25, 0.3) is 17.2 Å². The molecule has 34 heavy (non-hydrogen) atoms. The lowest BCUT2D eigenvalue weighted by Gasteiger charge is -2.36. The van der Waals surface area contributed by atoms with Crippen molar-refractivity contribution in [3.63, 3.8) is 0 Å². The highest BCUT2D eigenvalue weighted by Gasteiger charge is 2.30. The van der Waals surface area contributed by atoms with E-state index in [-0.39, 0.29) is 19.2 Å². The van der Waals surface area contributed by atoms with E-state index in [4.69, 9.17) is 5.11 Å². The van der Waals surface area contributed by atoms with Crippen molar-refractivity contribution in [2.45, 2.75) is 43.9 Å². The van der Waals surface area contributed by atoms with Crippen LogP contribution in [0.2, 0.25) is 0 Å². The Morgan fingerprint density at radius 3 is 2.38 bits per heavy atom. The summed E-state index contributed by atoms with van der Waals surface area (Å²) in [6.45, 7) is 1.59. The molecule has 0 radical (unpaired) electrons. The van der Waals surface area contributed by atoms with E-state index in [1.54, 1.807) is 23.9 Å². The fraction of sp³-hybridized carbons (Fsp3) is 0.333. The van der Waals surface area contributed by atoms with Gasteiger partial charge in [-0.2, -0.15) is 0 Å². The van der Waals surface area contributed by atoms with E-state index in [0.717, 1.165) is 29.5 Å². The minimum Gasteiger partial charge on any atom is -0.480 e. The van der Waals surface area contributed by atoms with Crippen LogP contribution in [-0.2, 0) is 4.79 Å². The Kier molecular flexibility index (Phi) is 7.57. The van der Waals surface area contributed by atoms with Crippen molar-refractivity contribution in [3.8, 4) is 11.1 Å². The second-order valence-electron chi connectivity index (χ2n) is 8.86. The molecule has 2 unspecified atom stereocenters. The van der Waals surface area contributed by atoms with Gasteiger partial charge in [0.25, 0.3) is 0 Å². The Morgan fingerprint density at radius 1 is 1.15 bits per heavy atom. The van der Waals surface area contributed by atoms with E-state index in [1.165, 1.54) is 5.56 Å². The highest BCUT2D eigenvalue weighted by molar-refractivity contribution is 5.69. The maximum Gasteiger partial charge on any atom is 0.317 e. The minimum absolute atomic E-state index is 0.0224. The summed E-state index contributed by atoms with van der Waals surface area (Å²) >= 11 is 0. The number of rotatable bonds is 10. The number of carboxylic acids is 1. The smallest absolute Gasteiger partial charge is 0.317 e. The van der Waals surface area contributed by atoms with Crippen molar-refractivity contribution in [2.75, 3.05) is 13.2 Å².